The van der Waals surface area contributed by atoms with Crippen LogP contribution < -0.4 is 0 Å². The fraction of sp³-hybridized carbons (Fsp3) is 0.286. The van der Waals surface area contributed by atoms with Gasteiger partial charge in [0.05, 0.1) is 16.2 Å². The minimum absolute atomic E-state index is 0.0680. The number of aryl methyl sites for hydroxylation is 1. The molecular weight excluding hydrogens is 331 g/mol. The van der Waals surface area contributed by atoms with Gasteiger partial charge in [0.15, 0.2) is 0 Å². The van der Waals surface area contributed by atoms with E-state index in [4.69, 9.17) is 27.7 Å². The van der Waals surface area contributed by atoms with Crippen LogP contribution in [0.1, 0.15) is 27.1 Å². The third kappa shape index (κ3) is 2.78. The number of benzene rings is 1. The molecule has 0 N–H and O–H groups in total. The number of hydrogen-bond donors (Lipinski definition) is 0. The number of carbonyl (C=O) groups is 1. The lowest BCUT2D eigenvalue weighted by Crippen LogP contribution is -2.30. The molecule has 1 aromatic carbocycles. The topological polar surface area (TPSA) is 46.3 Å². The largest absolute Gasteiger partial charge is 0.361 e. The molecule has 1 unspecified atom stereocenters. The number of rotatable bonds is 2. The third-order valence-corrected chi connectivity index (χ3v) is 5.36. The molecule has 7 heteroatoms. The van der Waals surface area contributed by atoms with Crippen molar-refractivity contribution >= 4 is 40.9 Å². The highest BCUT2D eigenvalue weighted by Gasteiger charge is 2.33. The highest BCUT2D eigenvalue weighted by molar-refractivity contribution is 7.99. The lowest BCUT2D eigenvalue weighted by molar-refractivity contribution is 0.0758. The van der Waals surface area contributed by atoms with Crippen LogP contribution in [0.4, 0.5) is 0 Å². The fourth-order valence-corrected chi connectivity index (χ4v) is 3.83. The molecule has 2 aromatic rings. The van der Waals surface area contributed by atoms with E-state index in [2.05, 4.69) is 5.16 Å². The summed E-state index contributed by atoms with van der Waals surface area (Å²) in [6.07, 6.45) is 1.46. The number of hydrogen-bond acceptors (Lipinski definition) is 4. The van der Waals surface area contributed by atoms with E-state index in [9.17, 15) is 4.79 Å². The molecule has 0 spiro atoms. The molecule has 1 saturated heterocycles. The van der Waals surface area contributed by atoms with Gasteiger partial charge in [0.25, 0.3) is 5.91 Å². The molecule has 110 valence electrons. The van der Waals surface area contributed by atoms with Gasteiger partial charge in [-0.25, -0.2) is 0 Å². The average Bonchev–Trinajstić information content (AvgIpc) is 3.10. The van der Waals surface area contributed by atoms with Crippen LogP contribution in [0.15, 0.2) is 28.9 Å². The first-order valence-electron chi connectivity index (χ1n) is 6.36. The lowest BCUT2D eigenvalue weighted by atomic mass is 10.1. The fourth-order valence-electron chi connectivity index (χ4n) is 2.28. The predicted molar refractivity (Wildman–Crippen MR) is 83.9 cm³/mol. The number of amides is 1. The summed E-state index contributed by atoms with van der Waals surface area (Å²) < 4.78 is 4.98. The summed E-state index contributed by atoms with van der Waals surface area (Å²) in [6.45, 7) is 2.41. The zero-order chi connectivity index (χ0) is 15.0. The molecule has 1 aliphatic heterocycles. The third-order valence-electron chi connectivity index (χ3n) is 3.36. The van der Waals surface area contributed by atoms with Gasteiger partial charge in [0.1, 0.15) is 16.7 Å². The van der Waals surface area contributed by atoms with E-state index < -0.39 is 0 Å². The van der Waals surface area contributed by atoms with E-state index in [0.717, 1.165) is 11.3 Å². The standard InChI is InChI=1S/C14H12Cl2N2O2S/c1-8-10(7-17-20-8)13(19)18-4-5-21-14(18)9-2-3-11(15)12(16)6-9/h2-3,6-7,14H,4-5H2,1H3. The van der Waals surface area contributed by atoms with Crippen molar-refractivity contribution in [2.24, 2.45) is 0 Å². The van der Waals surface area contributed by atoms with Crippen LogP contribution >= 0.6 is 35.0 Å². The van der Waals surface area contributed by atoms with E-state index in [-0.39, 0.29) is 11.3 Å². The zero-order valence-corrected chi connectivity index (χ0v) is 13.5. The summed E-state index contributed by atoms with van der Waals surface area (Å²) in [7, 11) is 0. The van der Waals surface area contributed by atoms with Crippen LogP contribution in [0, 0.1) is 6.92 Å². The van der Waals surface area contributed by atoms with Crippen molar-refractivity contribution in [1.82, 2.24) is 10.1 Å². The number of carbonyl (C=O) groups excluding carboxylic acids is 1. The molecule has 1 amide bonds. The van der Waals surface area contributed by atoms with Gasteiger partial charge in [0.2, 0.25) is 0 Å². The molecule has 2 heterocycles. The van der Waals surface area contributed by atoms with Gasteiger partial charge < -0.3 is 9.42 Å². The molecular formula is C14H12Cl2N2O2S. The first kappa shape index (κ1) is 14.8. The molecule has 1 atom stereocenters. The van der Waals surface area contributed by atoms with Crippen molar-refractivity contribution in [3.8, 4) is 0 Å². The van der Waals surface area contributed by atoms with Gasteiger partial charge in [-0.3, -0.25) is 4.79 Å². The molecule has 1 aliphatic rings. The normalized spacial score (nSPS) is 18.2. The van der Waals surface area contributed by atoms with E-state index >= 15 is 0 Å². The first-order chi connectivity index (χ1) is 10.1. The van der Waals surface area contributed by atoms with Gasteiger partial charge in [0, 0.05) is 12.3 Å². The Balaban J connectivity index is 1.90. The Morgan fingerprint density at radius 1 is 1.43 bits per heavy atom. The predicted octanol–water partition coefficient (Wildman–Crippen LogP) is 4.18. The highest BCUT2D eigenvalue weighted by Crippen LogP contribution is 2.40. The molecule has 0 radical (unpaired) electrons. The smallest absolute Gasteiger partial charge is 0.260 e. The number of halogens is 2. The summed E-state index contributed by atoms with van der Waals surface area (Å²) in [4.78, 5) is 14.4. The van der Waals surface area contributed by atoms with Crippen LogP contribution in [0.5, 0.6) is 0 Å². The van der Waals surface area contributed by atoms with E-state index in [1.807, 2.05) is 17.0 Å². The Labute approximate surface area is 136 Å². The minimum atomic E-state index is -0.0742. The second-order valence-corrected chi connectivity index (χ2v) is 6.69. The highest BCUT2D eigenvalue weighted by atomic mass is 35.5. The van der Waals surface area contributed by atoms with Crippen LogP contribution in [0.25, 0.3) is 0 Å². The number of aromatic nitrogens is 1. The van der Waals surface area contributed by atoms with Crippen LogP contribution in [0.2, 0.25) is 10.0 Å². The lowest BCUT2D eigenvalue weighted by Gasteiger charge is -2.24. The Morgan fingerprint density at radius 3 is 2.90 bits per heavy atom. The SMILES string of the molecule is Cc1oncc1C(=O)N1CCSC1c1ccc(Cl)c(Cl)c1. The van der Waals surface area contributed by atoms with Crippen molar-refractivity contribution in [3.05, 3.63) is 51.3 Å². The number of nitrogens with zero attached hydrogens (tertiary/aromatic N) is 2. The summed E-state index contributed by atoms with van der Waals surface area (Å²) in [5.41, 5.74) is 1.47. The zero-order valence-electron chi connectivity index (χ0n) is 11.2. The van der Waals surface area contributed by atoms with Crippen LogP contribution in [-0.2, 0) is 0 Å². The van der Waals surface area contributed by atoms with Gasteiger partial charge in [-0.1, -0.05) is 34.4 Å². The molecule has 0 saturated carbocycles. The summed E-state index contributed by atoms with van der Waals surface area (Å²) in [6, 6.07) is 5.47. The maximum atomic E-state index is 12.6. The minimum Gasteiger partial charge on any atom is -0.361 e. The quantitative estimate of drug-likeness (QED) is 0.821. The van der Waals surface area contributed by atoms with Crippen molar-refractivity contribution < 1.29 is 9.32 Å². The van der Waals surface area contributed by atoms with Gasteiger partial charge >= 0.3 is 0 Å². The summed E-state index contributed by atoms with van der Waals surface area (Å²) in [5, 5.41) is 4.61. The van der Waals surface area contributed by atoms with E-state index in [1.54, 1.807) is 24.8 Å². The molecule has 0 aliphatic carbocycles. The Morgan fingerprint density at radius 2 is 2.24 bits per heavy atom. The molecule has 4 nitrogen and oxygen atoms in total. The molecule has 1 aromatic heterocycles. The Kier molecular flexibility index (Phi) is 4.15. The van der Waals surface area contributed by atoms with Crippen molar-refractivity contribution in [1.29, 1.82) is 0 Å². The van der Waals surface area contributed by atoms with Crippen molar-refractivity contribution in [3.63, 3.8) is 0 Å². The van der Waals surface area contributed by atoms with Gasteiger partial charge in [-0.05, 0) is 24.6 Å². The Bertz CT molecular complexity index is 689. The van der Waals surface area contributed by atoms with Gasteiger partial charge in [-0.2, -0.15) is 0 Å². The summed E-state index contributed by atoms with van der Waals surface area (Å²) >= 11 is 13.7. The van der Waals surface area contributed by atoms with Crippen molar-refractivity contribution in [2.75, 3.05) is 12.3 Å². The van der Waals surface area contributed by atoms with Crippen LogP contribution in [-0.4, -0.2) is 28.3 Å². The van der Waals surface area contributed by atoms with Crippen LogP contribution in [0.3, 0.4) is 0 Å². The average molecular weight is 343 g/mol. The molecule has 1 fully saturated rings. The number of thioether (sulfide) groups is 1. The summed E-state index contributed by atoms with van der Waals surface area (Å²) in [5.74, 6) is 1.33. The Hall–Kier alpha value is -1.17. The van der Waals surface area contributed by atoms with E-state index in [1.165, 1.54) is 6.20 Å². The molecule has 21 heavy (non-hydrogen) atoms. The monoisotopic (exact) mass is 342 g/mol. The maximum Gasteiger partial charge on any atom is 0.260 e. The second-order valence-electron chi connectivity index (χ2n) is 4.69. The first-order valence-corrected chi connectivity index (χ1v) is 8.17. The second kappa shape index (κ2) is 5.91. The van der Waals surface area contributed by atoms with E-state index in [0.29, 0.717) is 27.9 Å². The van der Waals surface area contributed by atoms with Gasteiger partial charge in [-0.15, -0.1) is 11.8 Å². The molecule has 3 rings (SSSR count). The molecule has 0 bridgehead atoms. The van der Waals surface area contributed by atoms with Crippen molar-refractivity contribution in [2.45, 2.75) is 12.3 Å². The maximum absolute atomic E-state index is 12.6.